The Kier molecular flexibility index (Phi) is 7.28. The van der Waals surface area contributed by atoms with E-state index in [0.717, 1.165) is 49.2 Å². The molecular weight excluding hydrogens is 443 g/mol. The van der Waals surface area contributed by atoms with Crippen molar-refractivity contribution in [2.45, 2.75) is 82.5 Å². The van der Waals surface area contributed by atoms with E-state index in [4.69, 9.17) is 9.47 Å². The van der Waals surface area contributed by atoms with Gasteiger partial charge in [-0.25, -0.2) is 9.18 Å². The van der Waals surface area contributed by atoms with Crippen molar-refractivity contribution in [3.05, 3.63) is 65.5 Å². The molecule has 2 heterocycles. The van der Waals surface area contributed by atoms with Crippen LogP contribution in [0.1, 0.15) is 63.0 Å². The van der Waals surface area contributed by atoms with Gasteiger partial charge in [-0.05, 0) is 61.1 Å². The molecule has 2 saturated heterocycles. The summed E-state index contributed by atoms with van der Waals surface area (Å²) in [6, 6.07) is 15.3. The fourth-order valence-corrected chi connectivity index (χ4v) is 6.11. The number of halogens is 1. The molecule has 1 aliphatic carbocycles. The Bertz CT molecular complexity index is 980. The Labute approximate surface area is 208 Å². The van der Waals surface area contributed by atoms with E-state index in [2.05, 4.69) is 11.8 Å². The number of carbonyl (C=O) groups is 1. The molecule has 6 heteroatoms. The zero-order valence-electron chi connectivity index (χ0n) is 20.8. The molecule has 0 N–H and O–H groups in total. The maximum absolute atomic E-state index is 13.6. The van der Waals surface area contributed by atoms with E-state index < -0.39 is 5.60 Å². The third-order valence-corrected chi connectivity index (χ3v) is 8.09. The van der Waals surface area contributed by atoms with Crippen LogP contribution in [0, 0.1) is 5.82 Å². The number of hydrogen-bond acceptors (Lipinski definition) is 4. The lowest BCUT2D eigenvalue weighted by Crippen LogP contribution is -2.54. The summed E-state index contributed by atoms with van der Waals surface area (Å²) in [7, 11) is 0. The van der Waals surface area contributed by atoms with Gasteiger partial charge < -0.3 is 14.4 Å². The first-order valence-electron chi connectivity index (χ1n) is 13.3. The Morgan fingerprint density at radius 3 is 2.31 bits per heavy atom. The van der Waals surface area contributed by atoms with Gasteiger partial charge >= 0.3 is 6.09 Å². The molecule has 1 unspecified atom stereocenters. The number of carbonyl (C=O) groups excluding carboxylic acids is 1. The van der Waals surface area contributed by atoms with Crippen molar-refractivity contribution < 1.29 is 18.7 Å². The van der Waals surface area contributed by atoms with Gasteiger partial charge in [0.2, 0.25) is 0 Å². The summed E-state index contributed by atoms with van der Waals surface area (Å²) in [5, 5.41) is 0. The molecule has 35 heavy (non-hydrogen) atoms. The molecule has 1 saturated carbocycles. The van der Waals surface area contributed by atoms with E-state index >= 15 is 0 Å². The number of benzene rings is 2. The normalized spacial score (nSPS) is 22.6. The van der Waals surface area contributed by atoms with Crippen LogP contribution in [-0.4, -0.2) is 53.3 Å². The van der Waals surface area contributed by atoms with Crippen molar-refractivity contribution in [1.82, 2.24) is 9.80 Å². The van der Waals surface area contributed by atoms with E-state index in [0.29, 0.717) is 25.6 Å². The van der Waals surface area contributed by atoms with Crippen LogP contribution in [0.2, 0.25) is 0 Å². The highest BCUT2D eigenvalue weighted by molar-refractivity contribution is 5.72. The first-order valence-corrected chi connectivity index (χ1v) is 13.3. The number of likely N-dealkylation sites (tertiary alicyclic amines) is 1. The predicted octanol–water partition coefficient (Wildman–Crippen LogP) is 5.96. The van der Waals surface area contributed by atoms with Crippen LogP contribution in [0.15, 0.2) is 48.5 Å². The lowest BCUT2D eigenvalue weighted by atomic mass is 9.80. The summed E-state index contributed by atoms with van der Waals surface area (Å²) in [6.07, 6.45) is 8.31. The van der Waals surface area contributed by atoms with Crippen LogP contribution >= 0.6 is 0 Å². The minimum absolute atomic E-state index is 0.0813. The Hall–Kier alpha value is -2.60. The molecule has 2 aromatic carbocycles. The molecule has 0 aromatic heterocycles. The molecule has 1 spiro atoms. The van der Waals surface area contributed by atoms with Gasteiger partial charge in [0.1, 0.15) is 17.2 Å². The first kappa shape index (κ1) is 24.1. The minimum Gasteiger partial charge on any atom is -0.494 e. The van der Waals surface area contributed by atoms with Crippen LogP contribution in [0.5, 0.6) is 5.75 Å². The maximum atomic E-state index is 13.6. The van der Waals surface area contributed by atoms with Gasteiger partial charge in [0.25, 0.3) is 0 Å². The zero-order valence-corrected chi connectivity index (χ0v) is 20.8. The fraction of sp³-hybridized carbons (Fsp3) is 0.552. The molecule has 1 amide bonds. The molecule has 188 valence electrons. The van der Waals surface area contributed by atoms with Gasteiger partial charge in [-0.2, -0.15) is 0 Å². The van der Waals surface area contributed by atoms with Crippen LogP contribution in [0.25, 0.3) is 0 Å². The highest BCUT2D eigenvalue weighted by atomic mass is 19.1. The molecule has 2 aliphatic heterocycles. The molecule has 3 aliphatic rings. The summed E-state index contributed by atoms with van der Waals surface area (Å²) < 4.78 is 25.5. The molecule has 1 atom stereocenters. The summed E-state index contributed by atoms with van der Waals surface area (Å²) in [6.45, 7) is 5.21. The van der Waals surface area contributed by atoms with E-state index in [9.17, 15) is 9.18 Å². The summed E-state index contributed by atoms with van der Waals surface area (Å²) >= 11 is 0. The number of ether oxygens (including phenoxy) is 2. The van der Waals surface area contributed by atoms with E-state index in [-0.39, 0.29) is 18.0 Å². The monoisotopic (exact) mass is 480 g/mol. The maximum Gasteiger partial charge on any atom is 0.411 e. The second-order valence-corrected chi connectivity index (χ2v) is 10.4. The van der Waals surface area contributed by atoms with Crippen molar-refractivity contribution in [3.63, 3.8) is 0 Å². The lowest BCUT2D eigenvalue weighted by Gasteiger charge is -2.43. The number of amides is 1. The highest BCUT2D eigenvalue weighted by Gasteiger charge is 2.55. The predicted molar refractivity (Wildman–Crippen MR) is 134 cm³/mol. The third-order valence-electron chi connectivity index (χ3n) is 8.09. The van der Waals surface area contributed by atoms with E-state index in [1.807, 2.05) is 41.3 Å². The molecule has 2 aromatic rings. The molecule has 0 radical (unpaired) electrons. The number of piperidine rings is 1. The topological polar surface area (TPSA) is 42.0 Å². The molecular formula is C29H37FN2O3. The quantitative estimate of drug-likeness (QED) is 0.468. The minimum atomic E-state index is -0.495. The van der Waals surface area contributed by atoms with Crippen molar-refractivity contribution in [2.75, 3.05) is 19.7 Å². The van der Waals surface area contributed by atoms with E-state index in [1.165, 1.54) is 37.8 Å². The summed E-state index contributed by atoms with van der Waals surface area (Å²) in [4.78, 5) is 17.8. The second kappa shape index (κ2) is 10.6. The highest BCUT2D eigenvalue weighted by Crippen LogP contribution is 2.42. The van der Waals surface area contributed by atoms with Crippen LogP contribution in [0.4, 0.5) is 9.18 Å². The molecule has 5 nitrogen and oxygen atoms in total. The number of nitrogens with zero attached hydrogens (tertiary/aromatic N) is 2. The van der Waals surface area contributed by atoms with Crippen molar-refractivity contribution in [2.24, 2.45) is 0 Å². The summed E-state index contributed by atoms with van der Waals surface area (Å²) in [5.41, 5.74) is 1.58. The molecule has 0 bridgehead atoms. The van der Waals surface area contributed by atoms with Crippen LogP contribution < -0.4 is 4.74 Å². The van der Waals surface area contributed by atoms with Crippen LogP contribution in [-0.2, 0) is 17.7 Å². The van der Waals surface area contributed by atoms with Crippen molar-refractivity contribution in [1.29, 1.82) is 0 Å². The van der Waals surface area contributed by atoms with Crippen LogP contribution in [0.3, 0.4) is 0 Å². The SMILES string of the molecule is CCCOc1ccc(CN2C(=O)OC3(CCN(C4CCCC4)CC3)C2Cc2ccc(F)cc2)cc1. The smallest absolute Gasteiger partial charge is 0.411 e. The van der Waals surface area contributed by atoms with Gasteiger partial charge in [-0.15, -0.1) is 0 Å². The van der Waals surface area contributed by atoms with Gasteiger partial charge in [-0.1, -0.05) is 44.0 Å². The standard InChI is InChI=1S/C29H37FN2O3/c1-2-19-34-26-13-9-23(10-14-26)21-32-27(20-22-7-11-24(30)12-8-22)29(35-28(32)33)15-17-31(18-16-29)25-5-3-4-6-25/h7-14,25,27H,2-6,15-21H2,1H3. The fourth-order valence-electron chi connectivity index (χ4n) is 6.11. The third kappa shape index (κ3) is 5.32. The zero-order chi connectivity index (χ0) is 24.3. The molecule has 5 rings (SSSR count). The summed E-state index contributed by atoms with van der Waals surface area (Å²) in [5.74, 6) is 0.604. The lowest BCUT2D eigenvalue weighted by molar-refractivity contribution is -0.0304. The largest absolute Gasteiger partial charge is 0.494 e. The number of hydrogen-bond donors (Lipinski definition) is 0. The van der Waals surface area contributed by atoms with Gasteiger partial charge in [0.15, 0.2) is 0 Å². The van der Waals surface area contributed by atoms with Gasteiger partial charge in [0, 0.05) is 38.5 Å². The van der Waals surface area contributed by atoms with E-state index in [1.54, 1.807) is 0 Å². The Morgan fingerprint density at radius 1 is 1.00 bits per heavy atom. The van der Waals surface area contributed by atoms with Gasteiger partial charge in [0.05, 0.1) is 12.6 Å². The Balaban J connectivity index is 1.35. The first-order chi connectivity index (χ1) is 17.1. The number of rotatable bonds is 8. The Morgan fingerprint density at radius 2 is 1.66 bits per heavy atom. The second-order valence-electron chi connectivity index (χ2n) is 10.4. The average Bonchev–Trinajstić information content (AvgIpc) is 3.49. The molecule has 3 fully saturated rings. The van der Waals surface area contributed by atoms with Crippen molar-refractivity contribution >= 4 is 6.09 Å². The van der Waals surface area contributed by atoms with Gasteiger partial charge in [-0.3, -0.25) is 4.90 Å². The average molecular weight is 481 g/mol. The van der Waals surface area contributed by atoms with Crippen molar-refractivity contribution in [3.8, 4) is 5.75 Å².